The van der Waals surface area contributed by atoms with Gasteiger partial charge in [0.05, 0.1) is 6.04 Å². The van der Waals surface area contributed by atoms with Gasteiger partial charge < -0.3 is 10.4 Å². The van der Waals surface area contributed by atoms with Crippen molar-refractivity contribution in [1.82, 2.24) is 5.32 Å². The SMILES string of the molecule is CCC[C@@H](CO)CC(=O)NC(C)c1ccccc1. The van der Waals surface area contributed by atoms with Gasteiger partial charge in [-0.1, -0.05) is 43.7 Å². The fourth-order valence-corrected chi connectivity index (χ4v) is 2.05. The van der Waals surface area contributed by atoms with Crippen molar-refractivity contribution in [1.29, 1.82) is 0 Å². The van der Waals surface area contributed by atoms with Crippen LogP contribution in [0.3, 0.4) is 0 Å². The van der Waals surface area contributed by atoms with E-state index in [2.05, 4.69) is 12.2 Å². The first kappa shape index (κ1) is 14.7. The molecule has 1 amide bonds. The number of carbonyl (C=O) groups is 1. The molecule has 0 aliphatic heterocycles. The lowest BCUT2D eigenvalue weighted by atomic mass is 10.00. The summed E-state index contributed by atoms with van der Waals surface area (Å²) in [5, 5.41) is 12.1. The molecule has 2 atom stereocenters. The third kappa shape index (κ3) is 4.88. The summed E-state index contributed by atoms with van der Waals surface area (Å²) in [6.45, 7) is 4.12. The summed E-state index contributed by atoms with van der Waals surface area (Å²) in [6, 6.07) is 9.90. The summed E-state index contributed by atoms with van der Waals surface area (Å²) in [7, 11) is 0. The van der Waals surface area contributed by atoms with E-state index in [9.17, 15) is 9.90 Å². The van der Waals surface area contributed by atoms with E-state index in [1.54, 1.807) is 0 Å². The number of nitrogens with one attached hydrogen (secondary N) is 1. The number of amides is 1. The fraction of sp³-hybridized carbons (Fsp3) is 0.533. The Bertz CT molecular complexity index is 351. The predicted octanol–water partition coefficient (Wildman–Crippen LogP) is 2.66. The van der Waals surface area contributed by atoms with E-state index >= 15 is 0 Å². The Kier molecular flexibility index (Phi) is 6.44. The lowest BCUT2D eigenvalue weighted by Gasteiger charge is -2.17. The van der Waals surface area contributed by atoms with Crippen LogP contribution in [0.1, 0.15) is 44.7 Å². The molecule has 1 rings (SSSR count). The highest BCUT2D eigenvalue weighted by molar-refractivity contribution is 5.76. The molecule has 0 spiro atoms. The van der Waals surface area contributed by atoms with Gasteiger partial charge in [0, 0.05) is 13.0 Å². The second kappa shape index (κ2) is 7.88. The fourth-order valence-electron chi connectivity index (χ4n) is 2.05. The van der Waals surface area contributed by atoms with Crippen LogP contribution >= 0.6 is 0 Å². The van der Waals surface area contributed by atoms with Gasteiger partial charge in [-0.25, -0.2) is 0 Å². The average Bonchev–Trinajstić information content (AvgIpc) is 2.39. The van der Waals surface area contributed by atoms with Crippen LogP contribution < -0.4 is 5.32 Å². The second-order valence-corrected chi connectivity index (χ2v) is 4.74. The topological polar surface area (TPSA) is 49.3 Å². The van der Waals surface area contributed by atoms with E-state index in [1.165, 1.54) is 0 Å². The van der Waals surface area contributed by atoms with Crippen molar-refractivity contribution in [2.24, 2.45) is 5.92 Å². The van der Waals surface area contributed by atoms with Gasteiger partial charge in [-0.15, -0.1) is 0 Å². The predicted molar refractivity (Wildman–Crippen MR) is 73.1 cm³/mol. The van der Waals surface area contributed by atoms with Crippen LogP contribution in [0.4, 0.5) is 0 Å². The average molecular weight is 249 g/mol. The van der Waals surface area contributed by atoms with E-state index in [1.807, 2.05) is 37.3 Å². The molecular formula is C15H23NO2. The van der Waals surface area contributed by atoms with Gasteiger partial charge in [0.25, 0.3) is 0 Å². The van der Waals surface area contributed by atoms with E-state index < -0.39 is 0 Å². The number of hydrogen-bond acceptors (Lipinski definition) is 2. The molecule has 1 aromatic rings. The minimum atomic E-state index is 0.0128. The number of carbonyl (C=O) groups excluding carboxylic acids is 1. The molecular weight excluding hydrogens is 226 g/mol. The van der Waals surface area contributed by atoms with Crippen molar-refractivity contribution in [3.05, 3.63) is 35.9 Å². The minimum absolute atomic E-state index is 0.0128. The summed E-state index contributed by atoms with van der Waals surface area (Å²) >= 11 is 0. The molecule has 2 N–H and O–H groups in total. The minimum Gasteiger partial charge on any atom is -0.396 e. The lowest BCUT2D eigenvalue weighted by molar-refractivity contribution is -0.123. The third-order valence-electron chi connectivity index (χ3n) is 3.11. The van der Waals surface area contributed by atoms with Crippen molar-refractivity contribution in [3.63, 3.8) is 0 Å². The molecule has 3 heteroatoms. The van der Waals surface area contributed by atoms with Crippen LogP contribution in [0.5, 0.6) is 0 Å². The van der Waals surface area contributed by atoms with Crippen LogP contribution in [-0.2, 0) is 4.79 Å². The first-order valence-corrected chi connectivity index (χ1v) is 6.62. The highest BCUT2D eigenvalue weighted by Crippen LogP contribution is 2.14. The van der Waals surface area contributed by atoms with Crippen molar-refractivity contribution < 1.29 is 9.90 Å². The Morgan fingerprint density at radius 3 is 2.56 bits per heavy atom. The van der Waals surface area contributed by atoms with Crippen molar-refractivity contribution >= 4 is 5.91 Å². The maximum absolute atomic E-state index is 11.8. The van der Waals surface area contributed by atoms with Crippen LogP contribution in [0.25, 0.3) is 0 Å². The van der Waals surface area contributed by atoms with Gasteiger partial charge in [-0.2, -0.15) is 0 Å². The van der Waals surface area contributed by atoms with Gasteiger partial charge in [0.1, 0.15) is 0 Å². The second-order valence-electron chi connectivity index (χ2n) is 4.74. The van der Waals surface area contributed by atoms with Gasteiger partial charge in [0.2, 0.25) is 5.91 Å². The maximum Gasteiger partial charge on any atom is 0.220 e. The molecule has 0 aliphatic carbocycles. The van der Waals surface area contributed by atoms with Gasteiger partial charge >= 0.3 is 0 Å². The maximum atomic E-state index is 11.8. The Morgan fingerprint density at radius 1 is 1.33 bits per heavy atom. The highest BCUT2D eigenvalue weighted by atomic mass is 16.3. The Hall–Kier alpha value is -1.35. The molecule has 1 unspecified atom stereocenters. The molecule has 3 nitrogen and oxygen atoms in total. The number of benzene rings is 1. The molecule has 0 aliphatic rings. The van der Waals surface area contributed by atoms with Crippen molar-refractivity contribution in [2.75, 3.05) is 6.61 Å². The zero-order chi connectivity index (χ0) is 13.4. The van der Waals surface area contributed by atoms with Crippen LogP contribution in [0.15, 0.2) is 30.3 Å². The first-order valence-electron chi connectivity index (χ1n) is 6.62. The van der Waals surface area contributed by atoms with Crippen molar-refractivity contribution in [2.45, 2.75) is 39.2 Å². The molecule has 1 aromatic carbocycles. The zero-order valence-corrected chi connectivity index (χ0v) is 11.2. The van der Waals surface area contributed by atoms with E-state index in [0.29, 0.717) is 6.42 Å². The number of aliphatic hydroxyl groups is 1. The molecule has 0 fully saturated rings. The Labute approximate surface area is 109 Å². The zero-order valence-electron chi connectivity index (χ0n) is 11.2. The van der Waals surface area contributed by atoms with Crippen molar-refractivity contribution in [3.8, 4) is 0 Å². The molecule has 0 saturated carbocycles. The standard InChI is InChI=1S/C15H23NO2/c1-3-7-13(11-17)10-15(18)16-12(2)14-8-5-4-6-9-14/h4-6,8-9,12-13,17H,3,7,10-11H2,1-2H3,(H,16,18)/t12?,13-/m1/s1. The number of rotatable bonds is 7. The smallest absolute Gasteiger partial charge is 0.220 e. The summed E-state index contributed by atoms with van der Waals surface area (Å²) in [4.78, 5) is 11.8. The van der Waals surface area contributed by atoms with Gasteiger partial charge in [0.15, 0.2) is 0 Å². The molecule has 0 bridgehead atoms. The van der Waals surface area contributed by atoms with E-state index in [-0.39, 0.29) is 24.5 Å². The summed E-state index contributed by atoms with van der Waals surface area (Å²) in [6.07, 6.45) is 2.29. The monoisotopic (exact) mass is 249 g/mol. The van der Waals surface area contributed by atoms with E-state index in [4.69, 9.17) is 0 Å². The summed E-state index contributed by atoms with van der Waals surface area (Å²) in [5.41, 5.74) is 1.10. The molecule has 0 heterocycles. The molecule has 0 aromatic heterocycles. The van der Waals surface area contributed by atoms with E-state index in [0.717, 1.165) is 18.4 Å². The highest BCUT2D eigenvalue weighted by Gasteiger charge is 2.14. The Morgan fingerprint density at radius 2 is 2.00 bits per heavy atom. The summed E-state index contributed by atoms with van der Waals surface area (Å²) in [5.74, 6) is 0.0943. The lowest BCUT2D eigenvalue weighted by Crippen LogP contribution is -2.29. The quantitative estimate of drug-likeness (QED) is 0.780. The van der Waals surface area contributed by atoms with Crippen LogP contribution in [0.2, 0.25) is 0 Å². The van der Waals surface area contributed by atoms with Crippen LogP contribution in [0, 0.1) is 5.92 Å². The van der Waals surface area contributed by atoms with Gasteiger partial charge in [-0.05, 0) is 24.8 Å². The molecule has 0 radical (unpaired) electrons. The van der Waals surface area contributed by atoms with Gasteiger partial charge in [-0.3, -0.25) is 4.79 Å². The number of aliphatic hydroxyl groups excluding tert-OH is 1. The molecule has 18 heavy (non-hydrogen) atoms. The normalized spacial score (nSPS) is 13.9. The third-order valence-corrected chi connectivity index (χ3v) is 3.11. The molecule has 100 valence electrons. The Balaban J connectivity index is 2.44. The summed E-state index contributed by atoms with van der Waals surface area (Å²) < 4.78 is 0. The largest absolute Gasteiger partial charge is 0.396 e. The number of hydrogen-bond donors (Lipinski definition) is 2. The molecule has 0 saturated heterocycles. The van der Waals surface area contributed by atoms with Crippen LogP contribution in [-0.4, -0.2) is 17.6 Å². The first-order chi connectivity index (χ1) is 8.67.